The fourth-order valence-corrected chi connectivity index (χ4v) is 3.11. The summed E-state index contributed by atoms with van der Waals surface area (Å²) in [4.78, 5) is 11.4. The van der Waals surface area contributed by atoms with Crippen molar-refractivity contribution in [3.05, 3.63) is 35.9 Å². The summed E-state index contributed by atoms with van der Waals surface area (Å²) in [6, 6.07) is 11.7. The van der Waals surface area contributed by atoms with E-state index in [1.54, 1.807) is 0 Å². The first-order valence-electron chi connectivity index (χ1n) is 6.39. The maximum absolute atomic E-state index is 11.4. The van der Waals surface area contributed by atoms with E-state index in [-0.39, 0.29) is 0 Å². The Morgan fingerprint density at radius 1 is 1.22 bits per heavy atom. The average Bonchev–Trinajstić information content (AvgIpc) is 2.41. The largest absolute Gasteiger partial charge is 0.480 e. The van der Waals surface area contributed by atoms with E-state index in [9.17, 15) is 15.2 Å². The minimum absolute atomic E-state index is 0.500. The van der Waals surface area contributed by atoms with Gasteiger partial charge in [0.2, 0.25) is 0 Å². The molecule has 0 heterocycles. The summed E-state index contributed by atoms with van der Waals surface area (Å²) in [5.74, 6) is -1.94. The van der Waals surface area contributed by atoms with Gasteiger partial charge in [0, 0.05) is 5.41 Å². The number of carboxylic acid groups (broad SMARTS) is 1. The summed E-state index contributed by atoms with van der Waals surface area (Å²) in [6.45, 7) is 0. The molecule has 94 valence electrons. The standard InChI is InChI=1S/C15H17NO2/c16-11-13(14(17)18)15(9-5-2-6-10-15)12-7-3-1-4-8-12/h1,3-4,7-8,13H,2,5-6,9-10H2,(H,17,18)/t13-/m1/s1. The van der Waals surface area contributed by atoms with E-state index in [1.807, 2.05) is 36.4 Å². The molecule has 1 aliphatic rings. The average molecular weight is 243 g/mol. The van der Waals surface area contributed by atoms with Crippen LogP contribution in [-0.2, 0) is 10.2 Å². The van der Waals surface area contributed by atoms with Gasteiger partial charge in [0.25, 0.3) is 0 Å². The highest BCUT2D eigenvalue weighted by atomic mass is 16.4. The third kappa shape index (κ3) is 2.11. The summed E-state index contributed by atoms with van der Waals surface area (Å²) in [5.41, 5.74) is 0.499. The van der Waals surface area contributed by atoms with Crippen LogP contribution in [0.3, 0.4) is 0 Å². The molecule has 1 aromatic carbocycles. The Morgan fingerprint density at radius 3 is 2.33 bits per heavy atom. The quantitative estimate of drug-likeness (QED) is 0.887. The summed E-state index contributed by atoms with van der Waals surface area (Å²) < 4.78 is 0. The van der Waals surface area contributed by atoms with E-state index >= 15 is 0 Å². The molecule has 1 atom stereocenters. The minimum Gasteiger partial charge on any atom is -0.480 e. The Labute approximate surface area is 107 Å². The van der Waals surface area contributed by atoms with Gasteiger partial charge in [0.1, 0.15) is 0 Å². The number of carbonyl (C=O) groups is 1. The van der Waals surface area contributed by atoms with Crippen LogP contribution in [0.2, 0.25) is 0 Å². The van der Waals surface area contributed by atoms with Gasteiger partial charge < -0.3 is 5.11 Å². The van der Waals surface area contributed by atoms with Gasteiger partial charge >= 0.3 is 5.97 Å². The van der Waals surface area contributed by atoms with Crippen LogP contribution in [0.4, 0.5) is 0 Å². The predicted molar refractivity (Wildman–Crippen MR) is 67.9 cm³/mol. The Bertz CT molecular complexity index is 455. The Morgan fingerprint density at radius 2 is 1.83 bits per heavy atom. The minimum atomic E-state index is -0.997. The SMILES string of the molecule is N#C[C@H](C(=O)O)C1(c2ccccc2)CCCCC1. The summed E-state index contributed by atoms with van der Waals surface area (Å²) in [5, 5.41) is 18.6. The molecule has 0 spiro atoms. The maximum atomic E-state index is 11.4. The third-order valence-electron chi connectivity index (χ3n) is 4.02. The van der Waals surface area contributed by atoms with Crippen LogP contribution in [0.25, 0.3) is 0 Å². The molecule has 1 N–H and O–H groups in total. The lowest BCUT2D eigenvalue weighted by Crippen LogP contribution is -2.40. The van der Waals surface area contributed by atoms with E-state index in [2.05, 4.69) is 0 Å². The molecule has 0 unspecified atom stereocenters. The van der Waals surface area contributed by atoms with Gasteiger partial charge in [0.05, 0.1) is 6.07 Å². The van der Waals surface area contributed by atoms with Crippen molar-refractivity contribution < 1.29 is 9.90 Å². The van der Waals surface area contributed by atoms with E-state index in [0.29, 0.717) is 0 Å². The molecule has 1 aromatic rings. The van der Waals surface area contributed by atoms with E-state index in [4.69, 9.17) is 0 Å². The Kier molecular flexibility index (Phi) is 3.66. The van der Waals surface area contributed by atoms with Crippen LogP contribution in [0.15, 0.2) is 30.3 Å². The molecule has 3 nitrogen and oxygen atoms in total. The molecule has 0 amide bonds. The highest BCUT2D eigenvalue weighted by molar-refractivity contribution is 5.75. The Balaban J connectivity index is 2.47. The van der Waals surface area contributed by atoms with E-state index in [1.165, 1.54) is 0 Å². The number of hydrogen-bond acceptors (Lipinski definition) is 2. The van der Waals surface area contributed by atoms with Gasteiger partial charge in [-0.2, -0.15) is 5.26 Å². The number of nitrogens with zero attached hydrogens (tertiary/aromatic N) is 1. The van der Waals surface area contributed by atoms with Crippen LogP contribution >= 0.6 is 0 Å². The molecule has 0 radical (unpaired) electrons. The van der Waals surface area contributed by atoms with Crippen molar-refractivity contribution in [3.8, 4) is 6.07 Å². The van der Waals surface area contributed by atoms with Crippen molar-refractivity contribution in [2.75, 3.05) is 0 Å². The van der Waals surface area contributed by atoms with Crippen molar-refractivity contribution in [3.63, 3.8) is 0 Å². The molecule has 18 heavy (non-hydrogen) atoms. The van der Waals surface area contributed by atoms with Gasteiger partial charge in [-0.3, -0.25) is 4.79 Å². The number of hydrogen-bond donors (Lipinski definition) is 1. The lowest BCUT2D eigenvalue weighted by molar-refractivity contribution is -0.142. The number of benzene rings is 1. The number of carboxylic acids is 1. The second-order valence-electron chi connectivity index (χ2n) is 4.98. The van der Waals surface area contributed by atoms with Crippen molar-refractivity contribution >= 4 is 5.97 Å². The molecule has 3 heteroatoms. The first-order chi connectivity index (χ1) is 8.70. The molecule has 0 aromatic heterocycles. The van der Waals surface area contributed by atoms with Gasteiger partial charge in [-0.15, -0.1) is 0 Å². The summed E-state index contributed by atoms with van der Waals surface area (Å²) >= 11 is 0. The van der Waals surface area contributed by atoms with Crippen molar-refractivity contribution in [2.45, 2.75) is 37.5 Å². The van der Waals surface area contributed by atoms with Gasteiger partial charge in [-0.05, 0) is 18.4 Å². The maximum Gasteiger partial charge on any atom is 0.321 e. The molecule has 0 saturated heterocycles. The van der Waals surface area contributed by atoms with Gasteiger partial charge in [0.15, 0.2) is 5.92 Å². The fourth-order valence-electron chi connectivity index (χ4n) is 3.11. The predicted octanol–water partition coefficient (Wildman–Crippen LogP) is 3.11. The molecular formula is C15H17NO2. The van der Waals surface area contributed by atoms with Gasteiger partial charge in [-0.25, -0.2) is 0 Å². The zero-order chi connectivity index (χ0) is 13.0. The van der Waals surface area contributed by atoms with Crippen LogP contribution < -0.4 is 0 Å². The monoisotopic (exact) mass is 243 g/mol. The van der Waals surface area contributed by atoms with Crippen molar-refractivity contribution in [1.29, 1.82) is 5.26 Å². The topological polar surface area (TPSA) is 61.1 Å². The van der Waals surface area contributed by atoms with Crippen LogP contribution in [0.5, 0.6) is 0 Å². The second-order valence-corrected chi connectivity index (χ2v) is 4.98. The van der Waals surface area contributed by atoms with E-state index < -0.39 is 17.3 Å². The van der Waals surface area contributed by atoms with Crippen LogP contribution in [0, 0.1) is 17.2 Å². The van der Waals surface area contributed by atoms with Crippen LogP contribution in [0.1, 0.15) is 37.7 Å². The zero-order valence-electron chi connectivity index (χ0n) is 10.3. The Hall–Kier alpha value is -1.82. The fraction of sp³-hybridized carbons (Fsp3) is 0.467. The van der Waals surface area contributed by atoms with Crippen molar-refractivity contribution in [1.82, 2.24) is 0 Å². The lowest BCUT2D eigenvalue weighted by Gasteiger charge is -2.39. The molecular weight excluding hydrogens is 226 g/mol. The van der Waals surface area contributed by atoms with Crippen molar-refractivity contribution in [2.24, 2.45) is 5.92 Å². The number of rotatable bonds is 3. The summed E-state index contributed by atoms with van der Waals surface area (Å²) in [7, 11) is 0. The lowest BCUT2D eigenvalue weighted by atomic mass is 9.62. The number of nitriles is 1. The van der Waals surface area contributed by atoms with E-state index in [0.717, 1.165) is 37.7 Å². The first kappa shape index (κ1) is 12.6. The molecule has 0 bridgehead atoms. The highest BCUT2D eigenvalue weighted by Crippen LogP contribution is 2.45. The zero-order valence-corrected chi connectivity index (χ0v) is 10.3. The molecule has 1 saturated carbocycles. The highest BCUT2D eigenvalue weighted by Gasteiger charge is 2.45. The molecule has 1 aliphatic carbocycles. The molecule has 0 aliphatic heterocycles. The second kappa shape index (κ2) is 5.22. The first-order valence-corrected chi connectivity index (χ1v) is 6.39. The number of aliphatic carboxylic acids is 1. The van der Waals surface area contributed by atoms with Crippen LogP contribution in [-0.4, -0.2) is 11.1 Å². The summed E-state index contributed by atoms with van der Waals surface area (Å²) in [6.07, 6.45) is 4.72. The smallest absolute Gasteiger partial charge is 0.321 e. The molecule has 2 rings (SSSR count). The third-order valence-corrected chi connectivity index (χ3v) is 4.02. The normalized spacial score (nSPS) is 19.7. The van der Waals surface area contributed by atoms with Gasteiger partial charge in [-0.1, -0.05) is 49.6 Å². The molecule has 1 fully saturated rings.